The molecule has 0 atom stereocenters. The van der Waals surface area contributed by atoms with Crippen molar-refractivity contribution in [2.24, 2.45) is 23.7 Å². The van der Waals surface area contributed by atoms with Crippen molar-refractivity contribution in [3.63, 3.8) is 0 Å². The summed E-state index contributed by atoms with van der Waals surface area (Å²) in [7, 11) is 0. The van der Waals surface area contributed by atoms with E-state index in [1.165, 1.54) is 32.1 Å². The van der Waals surface area contributed by atoms with Gasteiger partial charge < -0.3 is 10.3 Å². The lowest BCUT2D eigenvalue weighted by Crippen LogP contribution is -2.55. The number of nitrogens with zero attached hydrogens (tertiary/aromatic N) is 1. The van der Waals surface area contributed by atoms with Crippen molar-refractivity contribution in [2.75, 3.05) is 6.54 Å². The highest BCUT2D eigenvalue weighted by Crippen LogP contribution is 2.54. The molecule has 0 aromatic heterocycles. The van der Waals surface area contributed by atoms with Crippen LogP contribution in [-0.4, -0.2) is 33.9 Å². The fourth-order valence-electron chi connectivity index (χ4n) is 4.63. The highest BCUT2D eigenvalue weighted by atomic mass is 16.5. The molecule has 4 rings (SSSR count). The van der Waals surface area contributed by atoms with Crippen molar-refractivity contribution >= 4 is 5.97 Å². The zero-order chi connectivity index (χ0) is 11.3. The molecule has 4 aliphatic carbocycles. The summed E-state index contributed by atoms with van der Waals surface area (Å²) < 4.78 is 0. The van der Waals surface area contributed by atoms with E-state index in [-0.39, 0.29) is 12.6 Å². The molecule has 90 valence electrons. The van der Waals surface area contributed by atoms with Gasteiger partial charge in [0.05, 0.1) is 0 Å². The Labute approximate surface area is 95.2 Å². The van der Waals surface area contributed by atoms with Crippen LogP contribution < -0.4 is 0 Å². The van der Waals surface area contributed by atoms with Crippen LogP contribution in [0, 0.1) is 23.7 Å². The second-order valence-electron chi connectivity index (χ2n) is 5.91. The first-order valence-electron chi connectivity index (χ1n) is 6.30. The van der Waals surface area contributed by atoms with Gasteiger partial charge >= 0.3 is 5.97 Å². The second-order valence-corrected chi connectivity index (χ2v) is 5.91. The first kappa shape index (κ1) is 10.5. The van der Waals surface area contributed by atoms with Crippen molar-refractivity contribution < 1.29 is 15.1 Å². The molecule has 4 heteroatoms. The summed E-state index contributed by atoms with van der Waals surface area (Å²) in [6, 6.07) is 0.115. The van der Waals surface area contributed by atoms with Crippen LogP contribution in [0.1, 0.15) is 32.1 Å². The molecular weight excluding hydrogens is 206 g/mol. The maximum Gasteiger partial charge on any atom is 0.320 e. The first-order chi connectivity index (χ1) is 7.63. The van der Waals surface area contributed by atoms with Gasteiger partial charge in [0.15, 0.2) is 0 Å². The number of carboxylic acid groups (broad SMARTS) is 1. The standard InChI is InChI=1S/C12H19NO3/c14-11(15)6-13(16)12-9-2-7-1-8(4-9)5-10(12)3-7/h7-10,12,16H,1-6H2,(H,14,15). The van der Waals surface area contributed by atoms with Crippen molar-refractivity contribution in [2.45, 2.75) is 38.1 Å². The Hall–Kier alpha value is -0.610. The summed E-state index contributed by atoms with van der Waals surface area (Å²) in [5, 5.41) is 19.7. The summed E-state index contributed by atoms with van der Waals surface area (Å²) >= 11 is 0. The number of rotatable bonds is 3. The summed E-state index contributed by atoms with van der Waals surface area (Å²) in [6.45, 7) is -0.229. The van der Waals surface area contributed by atoms with E-state index in [1.807, 2.05) is 0 Å². The largest absolute Gasteiger partial charge is 0.480 e. The van der Waals surface area contributed by atoms with E-state index in [4.69, 9.17) is 5.11 Å². The van der Waals surface area contributed by atoms with Gasteiger partial charge in [0.1, 0.15) is 6.54 Å². The van der Waals surface area contributed by atoms with Gasteiger partial charge in [-0.1, -0.05) is 0 Å². The highest BCUT2D eigenvalue weighted by molar-refractivity contribution is 5.68. The van der Waals surface area contributed by atoms with Gasteiger partial charge in [0.2, 0.25) is 0 Å². The molecule has 4 aliphatic rings. The lowest BCUT2D eigenvalue weighted by molar-refractivity contribution is -0.202. The van der Waals surface area contributed by atoms with Crippen molar-refractivity contribution in [3.8, 4) is 0 Å². The number of hydroxylamine groups is 2. The van der Waals surface area contributed by atoms with Crippen LogP contribution in [0.15, 0.2) is 0 Å². The van der Waals surface area contributed by atoms with E-state index in [0.717, 1.165) is 16.9 Å². The fraction of sp³-hybridized carbons (Fsp3) is 0.917. The van der Waals surface area contributed by atoms with E-state index in [0.29, 0.717) is 11.8 Å². The predicted octanol–water partition coefficient (Wildman–Crippen LogP) is 1.59. The quantitative estimate of drug-likeness (QED) is 0.716. The Morgan fingerprint density at radius 2 is 1.56 bits per heavy atom. The topological polar surface area (TPSA) is 60.8 Å². The second kappa shape index (κ2) is 3.70. The number of aliphatic carboxylic acids is 1. The molecule has 0 aromatic rings. The van der Waals surface area contributed by atoms with Crippen LogP contribution in [0.2, 0.25) is 0 Å². The molecule has 0 spiro atoms. The van der Waals surface area contributed by atoms with Gasteiger partial charge in [-0.05, 0) is 55.8 Å². The third kappa shape index (κ3) is 1.64. The van der Waals surface area contributed by atoms with Crippen LogP contribution in [-0.2, 0) is 4.79 Å². The zero-order valence-corrected chi connectivity index (χ0v) is 9.38. The van der Waals surface area contributed by atoms with E-state index < -0.39 is 5.97 Å². The molecule has 16 heavy (non-hydrogen) atoms. The minimum atomic E-state index is -0.934. The van der Waals surface area contributed by atoms with Gasteiger partial charge in [-0.3, -0.25) is 4.79 Å². The predicted molar refractivity (Wildman–Crippen MR) is 57.0 cm³/mol. The van der Waals surface area contributed by atoms with Crippen LogP contribution in [0.4, 0.5) is 0 Å². The maximum atomic E-state index is 10.6. The molecule has 0 radical (unpaired) electrons. The van der Waals surface area contributed by atoms with Crippen LogP contribution in [0.5, 0.6) is 0 Å². The minimum absolute atomic E-state index is 0.115. The van der Waals surface area contributed by atoms with Crippen LogP contribution in [0.3, 0.4) is 0 Å². The van der Waals surface area contributed by atoms with Gasteiger partial charge in [0.25, 0.3) is 0 Å². The van der Waals surface area contributed by atoms with E-state index in [9.17, 15) is 10.0 Å². The number of carboxylic acids is 1. The average molecular weight is 225 g/mol. The lowest BCUT2D eigenvalue weighted by atomic mass is 9.54. The van der Waals surface area contributed by atoms with Gasteiger partial charge in [-0.2, -0.15) is 5.06 Å². The molecule has 4 saturated carbocycles. The normalized spacial score (nSPS) is 45.2. The van der Waals surface area contributed by atoms with Crippen LogP contribution in [0.25, 0.3) is 0 Å². The molecule has 0 aliphatic heterocycles. The fourth-order valence-corrected chi connectivity index (χ4v) is 4.63. The molecule has 0 aromatic carbocycles. The van der Waals surface area contributed by atoms with E-state index >= 15 is 0 Å². The van der Waals surface area contributed by atoms with Gasteiger partial charge in [-0.25, -0.2) is 0 Å². The van der Waals surface area contributed by atoms with Gasteiger partial charge in [-0.15, -0.1) is 0 Å². The van der Waals surface area contributed by atoms with E-state index in [1.54, 1.807) is 0 Å². The molecule has 0 heterocycles. The van der Waals surface area contributed by atoms with Crippen molar-refractivity contribution in [1.82, 2.24) is 5.06 Å². The Morgan fingerprint density at radius 3 is 2.00 bits per heavy atom. The smallest absolute Gasteiger partial charge is 0.320 e. The lowest BCUT2D eigenvalue weighted by Gasteiger charge is -2.55. The molecule has 0 saturated heterocycles. The highest BCUT2D eigenvalue weighted by Gasteiger charge is 2.50. The summed E-state index contributed by atoms with van der Waals surface area (Å²) in [5.74, 6) is 1.87. The van der Waals surface area contributed by atoms with Crippen molar-refractivity contribution in [1.29, 1.82) is 0 Å². The molecule has 2 N–H and O–H groups in total. The molecule has 0 amide bonds. The summed E-state index contributed by atoms with van der Waals surface area (Å²) in [4.78, 5) is 10.6. The third-order valence-electron chi connectivity index (χ3n) is 4.82. The molecule has 4 fully saturated rings. The maximum absolute atomic E-state index is 10.6. The molecule has 0 unspecified atom stereocenters. The molecular formula is C12H19NO3. The summed E-state index contributed by atoms with van der Waals surface area (Å²) in [5.41, 5.74) is 0. The van der Waals surface area contributed by atoms with E-state index in [2.05, 4.69) is 0 Å². The number of carbonyl (C=O) groups is 1. The average Bonchev–Trinajstić information content (AvgIpc) is 2.13. The summed E-state index contributed by atoms with van der Waals surface area (Å²) in [6.07, 6.45) is 6.19. The third-order valence-corrected chi connectivity index (χ3v) is 4.82. The van der Waals surface area contributed by atoms with Crippen LogP contribution >= 0.6 is 0 Å². The minimum Gasteiger partial charge on any atom is -0.480 e. The Bertz CT molecular complexity index is 277. The zero-order valence-electron chi connectivity index (χ0n) is 9.38. The molecule has 4 nitrogen and oxygen atoms in total. The van der Waals surface area contributed by atoms with Gasteiger partial charge in [0, 0.05) is 6.04 Å². The molecule has 4 bridgehead atoms. The van der Waals surface area contributed by atoms with Crippen molar-refractivity contribution in [3.05, 3.63) is 0 Å². The SMILES string of the molecule is O=C(O)CN(O)C1C2CC3CC(C2)CC1C3. The Kier molecular flexibility index (Phi) is 2.44. The number of hydrogen-bond donors (Lipinski definition) is 2. The Balaban J connectivity index is 1.73. The first-order valence-corrected chi connectivity index (χ1v) is 6.30. The Morgan fingerprint density at radius 1 is 1.06 bits per heavy atom. The monoisotopic (exact) mass is 225 g/mol. The number of hydrogen-bond acceptors (Lipinski definition) is 3.